The Kier molecular flexibility index (Phi) is 4.34. The van der Waals surface area contributed by atoms with Crippen molar-refractivity contribution in [3.05, 3.63) is 27.2 Å². The number of aromatic hydroxyl groups is 1. The number of nitrogens with two attached hydrogens (primary N) is 1. The average Bonchev–Trinajstić information content (AvgIpc) is 2.35. The van der Waals surface area contributed by atoms with E-state index < -0.39 is 0 Å². The Hall–Kier alpha value is -0.250. The summed E-state index contributed by atoms with van der Waals surface area (Å²) in [4.78, 5) is 0. The Morgan fingerprint density at radius 3 is 2.59 bits per heavy atom. The van der Waals surface area contributed by atoms with E-state index >= 15 is 0 Å². The largest absolute Gasteiger partial charge is 0.506 e. The first-order valence-electron chi connectivity index (χ1n) is 6.03. The molecule has 1 aliphatic rings. The lowest BCUT2D eigenvalue weighted by Crippen LogP contribution is -2.24. The van der Waals surface area contributed by atoms with Crippen LogP contribution < -0.4 is 5.73 Å². The molecule has 1 aliphatic carbocycles. The molecule has 0 spiro atoms. The van der Waals surface area contributed by atoms with Crippen LogP contribution in [0.2, 0.25) is 5.02 Å². The molecule has 0 aliphatic heterocycles. The van der Waals surface area contributed by atoms with Crippen LogP contribution in [-0.2, 0) is 0 Å². The molecule has 1 aromatic rings. The Balaban J connectivity index is 2.29. The van der Waals surface area contributed by atoms with Crippen LogP contribution in [0.5, 0.6) is 5.75 Å². The van der Waals surface area contributed by atoms with Gasteiger partial charge in [-0.25, -0.2) is 0 Å². The maximum Gasteiger partial charge on any atom is 0.136 e. The molecule has 0 heterocycles. The average molecular weight is 319 g/mol. The normalized spacial score (nSPS) is 19.2. The lowest BCUT2D eigenvalue weighted by atomic mass is 9.81. The molecule has 0 saturated heterocycles. The predicted molar refractivity (Wildman–Crippen MR) is 74.3 cm³/mol. The highest BCUT2D eigenvalue weighted by Crippen LogP contribution is 2.42. The molecule has 0 amide bonds. The fourth-order valence-electron chi connectivity index (χ4n) is 2.60. The molecule has 17 heavy (non-hydrogen) atoms. The second-order valence-electron chi connectivity index (χ2n) is 4.72. The van der Waals surface area contributed by atoms with Crippen molar-refractivity contribution in [2.75, 3.05) is 0 Å². The molecule has 3 N–H and O–H groups in total. The topological polar surface area (TPSA) is 46.2 Å². The van der Waals surface area contributed by atoms with Crippen LogP contribution in [0.25, 0.3) is 0 Å². The molecule has 4 heteroatoms. The Labute approximate surface area is 115 Å². The zero-order valence-corrected chi connectivity index (χ0v) is 12.0. The number of halogens is 2. The summed E-state index contributed by atoms with van der Waals surface area (Å²) in [7, 11) is 0. The monoisotopic (exact) mass is 317 g/mol. The quantitative estimate of drug-likeness (QED) is 0.849. The standard InChI is InChI=1S/C13H17BrClNO/c14-9-6-7-10(15)11(13(9)17)12(16)8-4-2-1-3-5-8/h6-8,12,17H,1-5,16H2/t12-/m0/s1. The molecule has 1 aromatic carbocycles. The van der Waals surface area contributed by atoms with E-state index in [-0.39, 0.29) is 11.8 Å². The van der Waals surface area contributed by atoms with Gasteiger partial charge in [-0.3, -0.25) is 0 Å². The van der Waals surface area contributed by atoms with Gasteiger partial charge < -0.3 is 10.8 Å². The first-order chi connectivity index (χ1) is 8.11. The summed E-state index contributed by atoms with van der Waals surface area (Å²) < 4.78 is 0.656. The van der Waals surface area contributed by atoms with E-state index in [0.29, 0.717) is 21.0 Å². The van der Waals surface area contributed by atoms with E-state index in [1.54, 1.807) is 12.1 Å². The van der Waals surface area contributed by atoms with Gasteiger partial charge in [-0.1, -0.05) is 30.9 Å². The SMILES string of the molecule is N[C@H](c1c(Cl)ccc(Br)c1O)C1CCCCC1. The van der Waals surface area contributed by atoms with Gasteiger partial charge in [0.25, 0.3) is 0 Å². The van der Waals surface area contributed by atoms with Crippen LogP contribution in [0.15, 0.2) is 16.6 Å². The van der Waals surface area contributed by atoms with E-state index in [0.717, 1.165) is 12.8 Å². The van der Waals surface area contributed by atoms with E-state index in [2.05, 4.69) is 15.9 Å². The number of rotatable bonds is 2. The lowest BCUT2D eigenvalue weighted by Gasteiger charge is -2.28. The molecule has 0 unspecified atom stereocenters. The van der Waals surface area contributed by atoms with Crippen LogP contribution in [0, 0.1) is 5.92 Å². The maximum atomic E-state index is 10.1. The lowest BCUT2D eigenvalue weighted by molar-refractivity contribution is 0.303. The third kappa shape index (κ3) is 2.78. The molecule has 0 radical (unpaired) electrons. The van der Waals surface area contributed by atoms with Gasteiger partial charge >= 0.3 is 0 Å². The van der Waals surface area contributed by atoms with Gasteiger partial charge in [-0.05, 0) is 46.8 Å². The second-order valence-corrected chi connectivity index (χ2v) is 5.98. The molecular weight excluding hydrogens is 302 g/mol. The van der Waals surface area contributed by atoms with E-state index in [4.69, 9.17) is 17.3 Å². The summed E-state index contributed by atoms with van der Waals surface area (Å²) in [5.41, 5.74) is 6.96. The van der Waals surface area contributed by atoms with Crippen molar-refractivity contribution in [1.29, 1.82) is 0 Å². The Bertz CT molecular complexity index is 405. The summed E-state index contributed by atoms with van der Waals surface area (Å²) in [5.74, 6) is 0.622. The number of hydrogen-bond donors (Lipinski definition) is 2. The minimum absolute atomic E-state index is 0.166. The smallest absolute Gasteiger partial charge is 0.136 e. The molecule has 0 aromatic heterocycles. The summed E-state index contributed by atoms with van der Waals surface area (Å²) >= 11 is 9.46. The van der Waals surface area contributed by atoms with Crippen LogP contribution >= 0.6 is 27.5 Å². The minimum atomic E-state index is -0.166. The van der Waals surface area contributed by atoms with Gasteiger partial charge in [0.1, 0.15) is 5.75 Å². The van der Waals surface area contributed by atoms with E-state index in [9.17, 15) is 5.11 Å². The number of phenols is 1. The van der Waals surface area contributed by atoms with Crippen molar-refractivity contribution in [3.8, 4) is 5.75 Å². The maximum absolute atomic E-state index is 10.1. The molecule has 0 bridgehead atoms. The zero-order valence-electron chi connectivity index (χ0n) is 9.63. The summed E-state index contributed by atoms with van der Waals surface area (Å²) in [6.45, 7) is 0. The highest BCUT2D eigenvalue weighted by Gasteiger charge is 2.26. The third-order valence-electron chi connectivity index (χ3n) is 3.61. The summed E-state index contributed by atoms with van der Waals surface area (Å²) in [6.07, 6.45) is 6.00. The van der Waals surface area contributed by atoms with E-state index in [1.165, 1.54) is 19.3 Å². The molecule has 94 valence electrons. The first kappa shape index (κ1) is 13.2. The zero-order chi connectivity index (χ0) is 12.4. The fraction of sp³-hybridized carbons (Fsp3) is 0.538. The van der Waals surface area contributed by atoms with Gasteiger partial charge in [0.15, 0.2) is 0 Å². The summed E-state index contributed by atoms with van der Waals surface area (Å²) in [6, 6.07) is 3.36. The number of benzene rings is 1. The Morgan fingerprint density at radius 2 is 1.94 bits per heavy atom. The van der Waals surface area contributed by atoms with E-state index in [1.807, 2.05) is 0 Å². The third-order valence-corrected chi connectivity index (χ3v) is 4.58. The molecule has 1 fully saturated rings. The van der Waals surface area contributed by atoms with Crippen LogP contribution in [0.3, 0.4) is 0 Å². The first-order valence-corrected chi connectivity index (χ1v) is 7.21. The number of phenolic OH excluding ortho intramolecular Hbond substituents is 1. The fourth-order valence-corrected chi connectivity index (χ4v) is 3.23. The highest BCUT2D eigenvalue weighted by atomic mass is 79.9. The predicted octanol–water partition coefficient (Wildman–Crippen LogP) is 4.39. The second kappa shape index (κ2) is 5.59. The van der Waals surface area contributed by atoms with Gasteiger partial charge in [0.2, 0.25) is 0 Å². The van der Waals surface area contributed by atoms with Gasteiger partial charge in [0.05, 0.1) is 4.47 Å². The molecule has 2 rings (SSSR count). The molecular formula is C13H17BrClNO. The van der Waals surface area contributed by atoms with Crippen molar-refractivity contribution in [3.63, 3.8) is 0 Å². The molecule has 1 saturated carbocycles. The highest BCUT2D eigenvalue weighted by molar-refractivity contribution is 9.10. The van der Waals surface area contributed by atoms with Gasteiger partial charge in [-0.2, -0.15) is 0 Å². The van der Waals surface area contributed by atoms with Gasteiger partial charge in [-0.15, -0.1) is 0 Å². The van der Waals surface area contributed by atoms with Crippen LogP contribution in [0.1, 0.15) is 43.7 Å². The number of hydrogen-bond acceptors (Lipinski definition) is 2. The minimum Gasteiger partial charge on any atom is -0.506 e. The molecule has 2 nitrogen and oxygen atoms in total. The van der Waals surface area contributed by atoms with Crippen molar-refractivity contribution >= 4 is 27.5 Å². The van der Waals surface area contributed by atoms with Crippen molar-refractivity contribution in [2.24, 2.45) is 11.7 Å². The van der Waals surface area contributed by atoms with Crippen molar-refractivity contribution in [1.82, 2.24) is 0 Å². The Morgan fingerprint density at radius 1 is 1.29 bits per heavy atom. The van der Waals surface area contributed by atoms with Crippen molar-refractivity contribution < 1.29 is 5.11 Å². The van der Waals surface area contributed by atoms with Crippen LogP contribution in [-0.4, -0.2) is 5.11 Å². The van der Waals surface area contributed by atoms with Crippen LogP contribution in [0.4, 0.5) is 0 Å². The van der Waals surface area contributed by atoms with Gasteiger partial charge in [0, 0.05) is 16.6 Å². The summed E-state index contributed by atoms with van der Waals surface area (Å²) in [5, 5.41) is 10.6. The molecule has 1 atom stereocenters. The van der Waals surface area contributed by atoms with Crippen molar-refractivity contribution in [2.45, 2.75) is 38.1 Å².